The molecule has 1 saturated heterocycles. The number of nitrogen functional groups attached to an aromatic ring is 1. The van der Waals surface area contributed by atoms with Gasteiger partial charge in [0.15, 0.2) is 0 Å². The van der Waals surface area contributed by atoms with Crippen LogP contribution in [0.3, 0.4) is 0 Å². The van der Waals surface area contributed by atoms with Crippen LogP contribution in [0.25, 0.3) is 0 Å². The lowest BCUT2D eigenvalue weighted by atomic mass is 10.00. The van der Waals surface area contributed by atoms with Crippen LogP contribution in [-0.2, 0) is 10.0 Å². The van der Waals surface area contributed by atoms with Crippen molar-refractivity contribution in [1.29, 1.82) is 0 Å². The van der Waals surface area contributed by atoms with Crippen molar-refractivity contribution in [2.75, 3.05) is 18.8 Å². The second-order valence-electron chi connectivity index (χ2n) is 5.58. The molecule has 3 unspecified atom stereocenters. The van der Waals surface area contributed by atoms with Gasteiger partial charge < -0.3 is 10.8 Å². The quantitative estimate of drug-likeness (QED) is 0.781. The molecule has 1 heterocycles. The van der Waals surface area contributed by atoms with Crippen LogP contribution in [-0.4, -0.2) is 37.0 Å². The van der Waals surface area contributed by atoms with E-state index in [-0.39, 0.29) is 22.8 Å². The van der Waals surface area contributed by atoms with Crippen molar-refractivity contribution >= 4 is 31.6 Å². The van der Waals surface area contributed by atoms with E-state index in [9.17, 15) is 13.5 Å². The fourth-order valence-corrected chi connectivity index (χ4v) is 5.85. The maximum absolute atomic E-state index is 12.7. The van der Waals surface area contributed by atoms with Crippen molar-refractivity contribution in [1.82, 2.24) is 4.31 Å². The van der Waals surface area contributed by atoms with Gasteiger partial charge in [-0.1, -0.05) is 0 Å². The Labute approximate surface area is 126 Å². The summed E-state index contributed by atoms with van der Waals surface area (Å²) in [5, 5.41) is 9.90. The number of anilines is 1. The van der Waals surface area contributed by atoms with Crippen molar-refractivity contribution in [2.24, 2.45) is 11.8 Å². The number of sulfonamides is 1. The van der Waals surface area contributed by atoms with Crippen LogP contribution in [0.4, 0.5) is 5.69 Å². The smallest absolute Gasteiger partial charge is 0.244 e. The molecule has 5 nitrogen and oxygen atoms in total. The minimum atomic E-state index is -3.53. The largest absolute Gasteiger partial charge is 0.399 e. The lowest BCUT2D eigenvalue weighted by Crippen LogP contribution is -2.31. The number of fused-ring (bicyclic) bond motifs is 1. The molecule has 0 bridgehead atoms. The number of benzene rings is 1. The average molecular weight is 361 g/mol. The van der Waals surface area contributed by atoms with Gasteiger partial charge in [-0.25, -0.2) is 8.42 Å². The first-order chi connectivity index (χ1) is 9.39. The summed E-state index contributed by atoms with van der Waals surface area (Å²) in [4.78, 5) is 0.237. The molecule has 1 saturated carbocycles. The van der Waals surface area contributed by atoms with Crippen LogP contribution in [0.5, 0.6) is 0 Å². The molecule has 7 heteroatoms. The molecule has 0 amide bonds. The van der Waals surface area contributed by atoms with Crippen LogP contribution in [0.1, 0.15) is 12.8 Å². The minimum Gasteiger partial charge on any atom is -0.399 e. The van der Waals surface area contributed by atoms with Crippen LogP contribution in [0, 0.1) is 11.8 Å². The molecule has 0 spiro atoms. The zero-order valence-corrected chi connectivity index (χ0v) is 13.3. The van der Waals surface area contributed by atoms with Gasteiger partial charge in [-0.3, -0.25) is 0 Å². The molecule has 1 aromatic rings. The van der Waals surface area contributed by atoms with E-state index in [1.807, 2.05) is 0 Å². The Balaban J connectivity index is 1.90. The van der Waals surface area contributed by atoms with Crippen molar-refractivity contribution in [3.63, 3.8) is 0 Å². The van der Waals surface area contributed by atoms with E-state index < -0.39 is 10.0 Å². The van der Waals surface area contributed by atoms with E-state index in [1.54, 1.807) is 12.1 Å². The zero-order valence-electron chi connectivity index (χ0n) is 10.9. The highest BCUT2D eigenvalue weighted by molar-refractivity contribution is 9.10. The third-order valence-electron chi connectivity index (χ3n) is 4.36. The van der Waals surface area contributed by atoms with Gasteiger partial charge in [-0.05, 0) is 52.9 Å². The molecular weight excluding hydrogens is 344 g/mol. The van der Waals surface area contributed by atoms with Crippen LogP contribution >= 0.6 is 15.9 Å². The number of hydrogen-bond acceptors (Lipinski definition) is 4. The Morgan fingerprint density at radius 2 is 2.05 bits per heavy atom. The number of hydrogen-bond donors (Lipinski definition) is 2. The first-order valence-corrected chi connectivity index (χ1v) is 8.86. The minimum absolute atomic E-state index is 0.0809. The molecule has 2 aliphatic rings. The summed E-state index contributed by atoms with van der Waals surface area (Å²) in [5.74, 6) is 0.365. The first kappa shape index (κ1) is 14.3. The number of halogens is 1. The van der Waals surface area contributed by atoms with Gasteiger partial charge in [-0.15, -0.1) is 0 Å². The Hall–Kier alpha value is -0.630. The molecule has 3 atom stereocenters. The van der Waals surface area contributed by atoms with Crippen molar-refractivity contribution < 1.29 is 13.5 Å². The summed E-state index contributed by atoms with van der Waals surface area (Å²) in [5.41, 5.74) is 6.16. The molecular formula is C13H17BrN2O3S. The van der Waals surface area contributed by atoms with Gasteiger partial charge in [0.05, 0.1) is 11.0 Å². The molecule has 3 rings (SSSR count). The third kappa shape index (κ3) is 2.26. The molecule has 0 aromatic heterocycles. The van der Waals surface area contributed by atoms with E-state index in [1.165, 1.54) is 10.4 Å². The predicted octanol–water partition coefficient (Wildman–Crippen LogP) is 1.42. The van der Waals surface area contributed by atoms with Gasteiger partial charge in [0.25, 0.3) is 0 Å². The standard InChI is InChI=1S/C13H17BrN2O3S/c14-11-5-9(15)2-4-13(11)20(18,19)16-6-8-1-3-12(17)10(8)7-16/h2,4-5,8,10,12,17H,1,3,6-7,15H2. The fourth-order valence-electron chi connectivity index (χ4n) is 3.26. The average Bonchev–Trinajstić information content (AvgIpc) is 2.92. The van der Waals surface area contributed by atoms with Gasteiger partial charge in [0, 0.05) is 29.2 Å². The maximum atomic E-state index is 12.7. The summed E-state index contributed by atoms with van der Waals surface area (Å²) in [6, 6.07) is 4.71. The molecule has 0 radical (unpaired) electrons. The predicted molar refractivity (Wildman–Crippen MR) is 79.5 cm³/mol. The highest BCUT2D eigenvalue weighted by Gasteiger charge is 2.46. The second kappa shape index (κ2) is 4.98. The first-order valence-electron chi connectivity index (χ1n) is 6.63. The summed E-state index contributed by atoms with van der Waals surface area (Å²) in [7, 11) is -3.53. The second-order valence-corrected chi connectivity index (χ2v) is 8.34. The number of aliphatic hydroxyl groups excluding tert-OH is 1. The van der Waals surface area contributed by atoms with E-state index in [2.05, 4.69) is 15.9 Å². The van der Waals surface area contributed by atoms with Crippen molar-refractivity contribution in [3.8, 4) is 0 Å². The number of nitrogens with two attached hydrogens (primary N) is 1. The Kier molecular flexibility index (Phi) is 3.56. The summed E-state index contributed by atoms with van der Waals surface area (Å²) in [6.07, 6.45) is 1.32. The van der Waals surface area contributed by atoms with E-state index >= 15 is 0 Å². The highest BCUT2D eigenvalue weighted by atomic mass is 79.9. The number of rotatable bonds is 2. The van der Waals surface area contributed by atoms with E-state index in [0.717, 1.165) is 12.8 Å². The van der Waals surface area contributed by atoms with E-state index in [4.69, 9.17) is 5.73 Å². The van der Waals surface area contributed by atoms with E-state index in [0.29, 0.717) is 23.2 Å². The van der Waals surface area contributed by atoms with Gasteiger partial charge in [0.1, 0.15) is 0 Å². The maximum Gasteiger partial charge on any atom is 0.244 e. The van der Waals surface area contributed by atoms with Gasteiger partial charge >= 0.3 is 0 Å². The highest BCUT2D eigenvalue weighted by Crippen LogP contribution is 2.40. The Bertz CT molecular complexity index is 635. The molecule has 20 heavy (non-hydrogen) atoms. The summed E-state index contributed by atoms with van der Waals surface area (Å²) < 4.78 is 27.3. The molecule has 2 fully saturated rings. The third-order valence-corrected chi connectivity index (χ3v) is 7.17. The number of nitrogens with zero attached hydrogens (tertiary/aromatic N) is 1. The molecule has 1 aromatic carbocycles. The molecule has 3 N–H and O–H groups in total. The topological polar surface area (TPSA) is 83.6 Å². The van der Waals surface area contributed by atoms with Crippen molar-refractivity contribution in [2.45, 2.75) is 23.8 Å². The Morgan fingerprint density at radius 3 is 2.70 bits per heavy atom. The lowest BCUT2D eigenvalue weighted by molar-refractivity contribution is 0.129. The molecule has 1 aliphatic heterocycles. The molecule has 1 aliphatic carbocycles. The monoisotopic (exact) mass is 360 g/mol. The SMILES string of the molecule is Nc1ccc(S(=O)(=O)N2CC3CCC(O)C3C2)c(Br)c1. The summed E-state index contributed by atoms with van der Waals surface area (Å²) >= 11 is 3.27. The van der Waals surface area contributed by atoms with Crippen molar-refractivity contribution in [3.05, 3.63) is 22.7 Å². The zero-order chi connectivity index (χ0) is 14.5. The fraction of sp³-hybridized carbons (Fsp3) is 0.538. The van der Waals surface area contributed by atoms with Crippen LogP contribution in [0.15, 0.2) is 27.6 Å². The van der Waals surface area contributed by atoms with Gasteiger partial charge in [0.2, 0.25) is 10.0 Å². The Morgan fingerprint density at radius 1 is 1.30 bits per heavy atom. The van der Waals surface area contributed by atoms with Gasteiger partial charge in [-0.2, -0.15) is 4.31 Å². The summed E-state index contributed by atoms with van der Waals surface area (Å²) in [6.45, 7) is 0.909. The van der Waals surface area contributed by atoms with Crippen LogP contribution < -0.4 is 5.73 Å². The molecule has 110 valence electrons. The lowest BCUT2D eigenvalue weighted by Gasteiger charge is -2.19. The normalized spacial score (nSPS) is 30.6. The number of aliphatic hydroxyl groups is 1. The van der Waals surface area contributed by atoms with Crippen LogP contribution in [0.2, 0.25) is 0 Å².